The van der Waals surface area contributed by atoms with Crippen LogP contribution < -0.4 is 24.4 Å². The lowest BCUT2D eigenvalue weighted by atomic mass is 9.68. The molecule has 4 aromatic rings. The van der Waals surface area contributed by atoms with E-state index in [0.717, 1.165) is 130 Å². The van der Waals surface area contributed by atoms with E-state index in [-0.39, 0.29) is 40.6 Å². The van der Waals surface area contributed by atoms with Crippen LogP contribution in [0.5, 0.6) is 11.5 Å². The van der Waals surface area contributed by atoms with Gasteiger partial charge in [0.15, 0.2) is 0 Å². The van der Waals surface area contributed by atoms with Crippen LogP contribution in [0.15, 0.2) is 119 Å². The van der Waals surface area contributed by atoms with Crippen molar-refractivity contribution >= 4 is 66.0 Å². The van der Waals surface area contributed by atoms with Crippen molar-refractivity contribution in [1.82, 2.24) is 0 Å². The van der Waals surface area contributed by atoms with Crippen LogP contribution in [-0.2, 0) is 52.8 Å². The van der Waals surface area contributed by atoms with Crippen molar-refractivity contribution in [2.75, 3.05) is 81.2 Å². The minimum Gasteiger partial charge on any atom is -0.490 e. The topological polar surface area (TPSA) is 162 Å². The highest BCUT2D eigenvalue weighted by molar-refractivity contribution is 7.93. The molecule has 4 aliphatic carbocycles. The SMILES string of the molecule is C=CC[C@H](C)C[S@@](C)(=O)=NC(=O)c1ccc2c(c1)N(C[C@@H]1CC[C@H]1[C@H](C=C)OC)C[C@@]1(CCCc3cc(Cl)ccc31)CO2.CO[C@H]1/C=C/C[C@H](C)CS(N)(=O)=NC(=O)c2ccc3c(c2)N(C[C@@H]2CC[C@H]21)C[C@@]1(CCCc2cc(Cl)ccc21)CO3. The fourth-order valence-corrected chi connectivity index (χ4v) is 18.2. The number of aryl methyl sites for hydroxylation is 2. The van der Waals surface area contributed by atoms with Crippen molar-refractivity contribution in [3.63, 3.8) is 0 Å². The molecular weight excluding hydrogens is 1140 g/mol. The molecule has 2 N–H and O–H groups in total. The van der Waals surface area contributed by atoms with Gasteiger partial charge in [-0.3, -0.25) is 9.59 Å². The van der Waals surface area contributed by atoms with E-state index in [4.69, 9.17) is 47.3 Å². The molecule has 452 valence electrons. The van der Waals surface area contributed by atoms with Crippen LogP contribution in [0.1, 0.15) is 121 Å². The molecule has 84 heavy (non-hydrogen) atoms. The lowest BCUT2D eigenvalue weighted by Crippen LogP contribution is -2.49. The summed E-state index contributed by atoms with van der Waals surface area (Å²) in [6.07, 6.45) is 21.6. The first kappa shape index (κ1) is 62.1. The van der Waals surface area contributed by atoms with E-state index in [9.17, 15) is 18.0 Å². The van der Waals surface area contributed by atoms with Gasteiger partial charge in [-0.1, -0.05) is 73.5 Å². The molecule has 0 radical (unpaired) electrons. The van der Waals surface area contributed by atoms with Crippen LogP contribution in [0.4, 0.5) is 11.4 Å². The summed E-state index contributed by atoms with van der Waals surface area (Å²) in [4.78, 5) is 31.5. The first-order chi connectivity index (χ1) is 40.2. The predicted octanol–water partition coefficient (Wildman–Crippen LogP) is 13.4. The number of methoxy groups -OCH3 is 2. The number of nitrogens with two attached hydrogens (primary N) is 1. The highest BCUT2D eigenvalue weighted by Gasteiger charge is 2.47. The molecule has 17 heteroatoms. The van der Waals surface area contributed by atoms with Crippen molar-refractivity contribution in [3.05, 3.63) is 154 Å². The Balaban J connectivity index is 0.000000187. The number of allylic oxidation sites excluding steroid dienone is 2. The van der Waals surface area contributed by atoms with E-state index in [1.165, 1.54) is 22.3 Å². The Hall–Kier alpha value is -5.00. The summed E-state index contributed by atoms with van der Waals surface area (Å²) in [7, 11) is -2.34. The zero-order valence-electron chi connectivity index (χ0n) is 49.6. The van der Waals surface area contributed by atoms with Crippen molar-refractivity contribution in [1.29, 1.82) is 0 Å². The number of carbonyl (C=O) groups is 2. The van der Waals surface area contributed by atoms with Gasteiger partial charge in [0.25, 0.3) is 11.8 Å². The maximum Gasteiger partial charge on any atom is 0.286 e. The lowest BCUT2D eigenvalue weighted by molar-refractivity contribution is 0.0131. The molecule has 7 aliphatic rings. The summed E-state index contributed by atoms with van der Waals surface area (Å²) in [6, 6.07) is 23.5. The van der Waals surface area contributed by atoms with E-state index < -0.39 is 31.5 Å². The summed E-state index contributed by atoms with van der Waals surface area (Å²) < 4.78 is 59.6. The second-order valence-electron chi connectivity index (χ2n) is 25.4. The number of fused-ring (bicyclic) bond motifs is 7. The van der Waals surface area contributed by atoms with Crippen LogP contribution in [0, 0.1) is 35.5 Å². The molecule has 11 rings (SSSR count). The van der Waals surface area contributed by atoms with Gasteiger partial charge in [-0.2, -0.15) is 4.36 Å². The van der Waals surface area contributed by atoms with Crippen molar-refractivity contribution < 1.29 is 37.0 Å². The number of rotatable bonds is 11. The molecule has 2 saturated carbocycles. The number of amides is 2. The summed E-state index contributed by atoms with van der Waals surface area (Å²) in [6.45, 7) is 16.1. The van der Waals surface area contributed by atoms with E-state index in [1.807, 2.05) is 62.4 Å². The number of nitrogens with zero attached hydrogens (tertiary/aromatic N) is 4. The quantitative estimate of drug-likeness (QED) is 0.143. The number of carbonyl (C=O) groups excluding carboxylic acids is 2. The molecule has 2 fully saturated rings. The molecule has 0 aromatic heterocycles. The first-order valence-corrected chi connectivity index (χ1v) is 34.7. The van der Waals surface area contributed by atoms with Gasteiger partial charge in [0, 0.05) is 90.2 Å². The molecule has 3 aliphatic heterocycles. The second-order valence-corrected chi connectivity index (χ2v) is 30.6. The molecule has 2 spiro atoms. The molecule has 0 saturated heterocycles. The standard InChI is InChI=1S/C35H45ClN2O4S.C32H40ClN3O4S/c1-6-9-24(3)21-43(5,40)37-34(39)26-12-16-33-31(19-26)38(20-27-11-14-29(27)32(7-2)41-4)22-35(23-42-33)17-8-10-25-18-28(36)13-15-30(25)35;1-21-5-3-7-29(39-2)26-11-8-24(26)17-36-19-32(14-4-6-22-15-25(33)10-12-27(22)32)20-40-30-13-9-23(16-28(30)36)31(37)35-41(34,38)18-21/h6-7,12-13,15-16,18-19,24,27,29,32H,1-2,8-11,14,17,20-23H2,3-5H3;3,7,9-10,12-13,15-16,21,24,26,29H,4-6,8,11,14,17-20H2,1-2H3,(H2,34,35,37,38)/b;7-3+/t24-,27-,29+,32-,35-,43+;21-,24-,26+,29-,32-,41?/m00/s1. The summed E-state index contributed by atoms with van der Waals surface area (Å²) in [5.74, 6) is 2.82. The van der Waals surface area contributed by atoms with Crippen LogP contribution >= 0.6 is 23.2 Å². The van der Waals surface area contributed by atoms with Gasteiger partial charge in [0.05, 0.1) is 46.5 Å². The molecule has 2 bridgehead atoms. The highest BCUT2D eigenvalue weighted by Crippen LogP contribution is 2.49. The number of halogens is 2. The summed E-state index contributed by atoms with van der Waals surface area (Å²) in [5.41, 5.74) is 7.36. The number of anilines is 2. The van der Waals surface area contributed by atoms with Crippen LogP contribution in [0.25, 0.3) is 0 Å². The van der Waals surface area contributed by atoms with Crippen molar-refractivity contribution in [2.24, 2.45) is 49.4 Å². The fourth-order valence-electron chi connectivity index (χ4n) is 14.7. The van der Waals surface area contributed by atoms with E-state index in [2.05, 4.69) is 68.1 Å². The molecule has 12 atom stereocenters. The van der Waals surface area contributed by atoms with E-state index in [0.29, 0.717) is 60.2 Å². The third-order valence-corrected chi connectivity index (χ3v) is 22.8. The minimum absolute atomic E-state index is 0.0147. The molecule has 1 unspecified atom stereocenters. The number of hydrogen-bond acceptors (Lipinski definition) is 10. The molecule has 4 aromatic carbocycles. The van der Waals surface area contributed by atoms with Gasteiger partial charge in [0.1, 0.15) is 21.4 Å². The number of ether oxygens (including phenoxy) is 4. The van der Waals surface area contributed by atoms with Crippen LogP contribution in [0.2, 0.25) is 10.0 Å². The minimum atomic E-state index is -3.18. The van der Waals surface area contributed by atoms with Gasteiger partial charge in [-0.15, -0.1) is 17.5 Å². The van der Waals surface area contributed by atoms with E-state index >= 15 is 0 Å². The largest absolute Gasteiger partial charge is 0.490 e. The van der Waals surface area contributed by atoms with Crippen molar-refractivity contribution in [3.8, 4) is 11.5 Å². The smallest absolute Gasteiger partial charge is 0.286 e. The molecule has 3 heterocycles. The lowest BCUT2D eigenvalue weighted by Gasteiger charge is -2.46. The van der Waals surface area contributed by atoms with Gasteiger partial charge in [0.2, 0.25) is 0 Å². The summed E-state index contributed by atoms with van der Waals surface area (Å²) in [5, 5.41) is 7.61. The summed E-state index contributed by atoms with van der Waals surface area (Å²) >= 11 is 12.8. The first-order valence-electron chi connectivity index (χ1n) is 30.1. The Bertz CT molecular complexity index is 3430. The zero-order valence-corrected chi connectivity index (χ0v) is 52.8. The van der Waals surface area contributed by atoms with Gasteiger partial charge in [-0.25, -0.2) is 13.6 Å². The van der Waals surface area contributed by atoms with E-state index in [1.54, 1.807) is 32.6 Å². The average Bonchev–Trinajstić information content (AvgIpc) is 1.69. The third-order valence-electron chi connectivity index (χ3n) is 19.1. The van der Waals surface area contributed by atoms with Crippen LogP contribution in [0.3, 0.4) is 0 Å². The van der Waals surface area contributed by atoms with Crippen molar-refractivity contribution in [2.45, 2.75) is 114 Å². The monoisotopic (exact) mass is 1220 g/mol. The number of benzene rings is 4. The number of hydrogen-bond donors (Lipinski definition) is 1. The highest BCUT2D eigenvalue weighted by atomic mass is 35.5. The molecule has 2 amide bonds. The van der Waals surface area contributed by atoms with Gasteiger partial charge >= 0.3 is 0 Å². The predicted molar refractivity (Wildman–Crippen MR) is 341 cm³/mol. The molecular formula is C67H85Cl2N5O8S2. The third kappa shape index (κ3) is 13.7. The van der Waals surface area contributed by atoms with Gasteiger partial charge < -0.3 is 28.7 Å². The maximum atomic E-state index is 13.4. The Morgan fingerprint density at radius 1 is 0.917 bits per heavy atom. The normalized spacial score (nSPS) is 29.8. The Kier molecular flexibility index (Phi) is 19.3. The Morgan fingerprint density at radius 3 is 2.19 bits per heavy atom. The zero-order chi connectivity index (χ0) is 59.6. The Labute approximate surface area is 509 Å². The maximum absolute atomic E-state index is 13.4. The Morgan fingerprint density at radius 2 is 1.58 bits per heavy atom. The van der Waals surface area contributed by atoms with Crippen LogP contribution in [-0.4, -0.2) is 104 Å². The molecule has 13 nitrogen and oxygen atoms in total. The fraction of sp³-hybridized carbons (Fsp3) is 0.522. The second kappa shape index (κ2) is 26.1. The average molecular weight is 1220 g/mol. The van der Waals surface area contributed by atoms with Gasteiger partial charge in [-0.05, 0) is 195 Å².